The molecule has 0 amide bonds. The Morgan fingerprint density at radius 3 is 1.79 bits per heavy atom. The Morgan fingerprint density at radius 1 is 0.758 bits per heavy atom. The van der Waals surface area contributed by atoms with E-state index in [2.05, 4.69) is 5.43 Å². The molecule has 5 rings (SSSR count). The van der Waals surface area contributed by atoms with Crippen molar-refractivity contribution < 1.29 is 15.0 Å². The molecule has 0 saturated carbocycles. The smallest absolute Gasteiger partial charge is 0.358 e. The molecule has 0 unspecified atom stereocenters. The summed E-state index contributed by atoms with van der Waals surface area (Å²) >= 11 is 0. The topological polar surface area (TPSA) is 91.6 Å². The van der Waals surface area contributed by atoms with Gasteiger partial charge in [-0.15, -0.1) is 0 Å². The molecule has 0 aliphatic rings. The molecule has 4 aromatic carbocycles. The van der Waals surface area contributed by atoms with Gasteiger partial charge in [-0.25, -0.2) is 4.79 Å². The Morgan fingerprint density at radius 2 is 1.27 bits per heavy atom. The molecule has 0 radical (unpaired) electrons. The van der Waals surface area contributed by atoms with Crippen LogP contribution in [0.3, 0.4) is 0 Å². The second-order valence-electron chi connectivity index (χ2n) is 7.83. The fraction of sp³-hybridized carbons (Fsp3) is 0.0370. The number of aromatic carboxylic acids is 1. The number of hydrogen-bond donors (Lipinski definition) is 3. The van der Waals surface area contributed by atoms with Crippen LogP contribution >= 0.6 is 0 Å². The van der Waals surface area contributed by atoms with E-state index in [4.69, 9.17) is 0 Å². The van der Waals surface area contributed by atoms with Crippen molar-refractivity contribution in [3.05, 3.63) is 124 Å². The summed E-state index contributed by atoms with van der Waals surface area (Å²) in [5.74, 6) is -2.22. The van der Waals surface area contributed by atoms with Crippen LogP contribution in [0.1, 0.15) is 27.7 Å². The van der Waals surface area contributed by atoms with Gasteiger partial charge >= 0.3 is 5.97 Å². The lowest BCUT2D eigenvalue weighted by atomic mass is 9.95. The van der Waals surface area contributed by atoms with Gasteiger partial charge in [0.05, 0.1) is 6.04 Å². The van der Waals surface area contributed by atoms with E-state index in [0.717, 1.165) is 38.7 Å². The minimum Gasteiger partial charge on any atom is -0.502 e. The molecule has 6 nitrogen and oxygen atoms in total. The average molecular weight is 436 g/mol. The van der Waals surface area contributed by atoms with E-state index in [0.29, 0.717) is 0 Å². The van der Waals surface area contributed by atoms with Gasteiger partial charge < -0.3 is 15.6 Å². The summed E-state index contributed by atoms with van der Waals surface area (Å²) in [7, 11) is 0. The van der Waals surface area contributed by atoms with Gasteiger partial charge in [-0.05, 0) is 44.8 Å². The van der Waals surface area contributed by atoms with Crippen LogP contribution in [0.2, 0.25) is 0 Å². The highest BCUT2D eigenvalue weighted by Crippen LogP contribution is 2.29. The van der Waals surface area contributed by atoms with Crippen LogP contribution in [0.25, 0.3) is 21.5 Å². The number of nitrogens with one attached hydrogen (secondary N) is 1. The lowest BCUT2D eigenvalue weighted by Gasteiger charge is -2.25. The van der Waals surface area contributed by atoms with Crippen LogP contribution in [-0.2, 0) is 0 Å². The van der Waals surface area contributed by atoms with Crippen LogP contribution in [0, 0.1) is 0 Å². The third kappa shape index (κ3) is 3.78. The predicted molar refractivity (Wildman–Crippen MR) is 128 cm³/mol. The predicted octanol–water partition coefficient (Wildman–Crippen LogP) is 4.89. The van der Waals surface area contributed by atoms with Crippen LogP contribution in [0.15, 0.2) is 102 Å². The normalized spacial score (nSPS) is 11.2. The van der Waals surface area contributed by atoms with E-state index in [1.807, 2.05) is 84.9 Å². The van der Waals surface area contributed by atoms with Gasteiger partial charge in [-0.1, -0.05) is 72.8 Å². The second-order valence-corrected chi connectivity index (χ2v) is 7.83. The maximum absolute atomic E-state index is 11.9. The molecule has 6 heteroatoms. The number of hydrogen-bond acceptors (Lipinski definition) is 4. The first-order chi connectivity index (χ1) is 16.0. The van der Waals surface area contributed by atoms with E-state index in [9.17, 15) is 19.8 Å². The van der Waals surface area contributed by atoms with Gasteiger partial charge in [0, 0.05) is 12.3 Å². The zero-order chi connectivity index (χ0) is 22.9. The monoisotopic (exact) mass is 436 g/mol. The lowest BCUT2D eigenvalue weighted by molar-refractivity contribution is 0.0681. The Bertz CT molecular complexity index is 1490. The fourth-order valence-corrected chi connectivity index (χ4v) is 4.09. The summed E-state index contributed by atoms with van der Waals surface area (Å²) in [4.78, 5) is 23.7. The van der Waals surface area contributed by atoms with Crippen molar-refractivity contribution in [1.82, 2.24) is 4.68 Å². The van der Waals surface area contributed by atoms with Crippen LogP contribution < -0.4 is 10.9 Å². The molecule has 162 valence electrons. The fourth-order valence-electron chi connectivity index (χ4n) is 4.09. The Balaban J connectivity index is 1.69. The number of fused-ring (bicyclic) bond motifs is 2. The number of nitrogens with zero attached hydrogens (tertiary/aromatic N) is 1. The van der Waals surface area contributed by atoms with Gasteiger partial charge in [0.25, 0.3) is 0 Å². The van der Waals surface area contributed by atoms with Crippen molar-refractivity contribution in [2.45, 2.75) is 6.04 Å². The largest absolute Gasteiger partial charge is 0.502 e. The number of rotatable bonds is 5. The van der Waals surface area contributed by atoms with E-state index in [1.165, 1.54) is 10.9 Å². The Hall–Kier alpha value is -4.58. The quantitative estimate of drug-likeness (QED) is 0.365. The Labute approximate surface area is 188 Å². The first kappa shape index (κ1) is 20.3. The maximum atomic E-state index is 11.9. The van der Waals surface area contributed by atoms with Gasteiger partial charge in [0.1, 0.15) is 0 Å². The van der Waals surface area contributed by atoms with E-state index in [-0.39, 0.29) is 0 Å². The number of carboxylic acid groups (broad SMARTS) is 1. The van der Waals surface area contributed by atoms with Crippen molar-refractivity contribution in [2.75, 3.05) is 5.43 Å². The van der Waals surface area contributed by atoms with Gasteiger partial charge in [0.2, 0.25) is 5.43 Å². The lowest BCUT2D eigenvalue weighted by Crippen LogP contribution is -2.28. The summed E-state index contributed by atoms with van der Waals surface area (Å²) in [6, 6.07) is 28.7. The highest BCUT2D eigenvalue weighted by Gasteiger charge is 2.21. The number of benzene rings is 4. The average Bonchev–Trinajstić information content (AvgIpc) is 2.84. The second kappa shape index (κ2) is 8.16. The first-order valence-corrected chi connectivity index (χ1v) is 10.4. The van der Waals surface area contributed by atoms with Gasteiger partial charge in [-0.2, -0.15) is 0 Å². The molecule has 1 heterocycles. The van der Waals surface area contributed by atoms with Crippen LogP contribution in [-0.4, -0.2) is 20.9 Å². The molecule has 0 spiro atoms. The summed E-state index contributed by atoms with van der Waals surface area (Å²) < 4.78 is 1.19. The van der Waals surface area contributed by atoms with Crippen LogP contribution in [0.5, 0.6) is 5.75 Å². The third-order valence-electron chi connectivity index (χ3n) is 5.76. The van der Waals surface area contributed by atoms with Crippen molar-refractivity contribution in [3.63, 3.8) is 0 Å². The van der Waals surface area contributed by atoms with E-state index in [1.54, 1.807) is 0 Å². The summed E-state index contributed by atoms with van der Waals surface area (Å²) in [6.07, 6.45) is 1.32. The molecule has 1 aromatic heterocycles. The molecule has 0 bridgehead atoms. The third-order valence-corrected chi connectivity index (χ3v) is 5.76. The first-order valence-electron chi connectivity index (χ1n) is 10.4. The van der Waals surface area contributed by atoms with Crippen molar-refractivity contribution in [2.24, 2.45) is 0 Å². The molecule has 0 aliphatic heterocycles. The van der Waals surface area contributed by atoms with Gasteiger partial charge in [0.15, 0.2) is 11.4 Å². The number of aromatic nitrogens is 1. The highest BCUT2D eigenvalue weighted by molar-refractivity contribution is 5.89. The van der Waals surface area contributed by atoms with E-state index < -0.39 is 28.9 Å². The summed E-state index contributed by atoms with van der Waals surface area (Å²) in [6.45, 7) is 0. The van der Waals surface area contributed by atoms with Gasteiger partial charge in [-0.3, -0.25) is 9.47 Å². The summed E-state index contributed by atoms with van der Waals surface area (Å²) in [5, 5.41) is 24.0. The zero-order valence-electron chi connectivity index (χ0n) is 17.5. The highest BCUT2D eigenvalue weighted by atomic mass is 16.4. The molecule has 5 aromatic rings. The molecular weight excluding hydrogens is 416 g/mol. The SMILES string of the molecule is O=C(O)c1c(O)c(=O)ccn1NC(c1ccc2ccccc2c1)c1ccc2ccccc2c1. The zero-order valence-corrected chi connectivity index (χ0v) is 17.5. The van der Waals surface area contributed by atoms with Crippen LogP contribution in [0.4, 0.5) is 0 Å². The molecular formula is C27H20N2O4. The minimum absolute atomic E-state index is 0.459. The number of carboxylic acids is 1. The van der Waals surface area contributed by atoms with Crippen molar-refractivity contribution >= 4 is 27.5 Å². The summed E-state index contributed by atoms with van der Waals surface area (Å²) in [5.41, 5.74) is 3.73. The number of pyridine rings is 1. The van der Waals surface area contributed by atoms with Crippen molar-refractivity contribution in [3.8, 4) is 5.75 Å². The standard InChI is InChI=1S/C27H20N2O4/c30-23-13-14-29(25(26(23)31)27(32)33)28-24(21-11-9-17-5-1-3-7-19(17)15-21)22-12-10-18-6-2-4-8-20(18)16-22/h1-16,24,28,31H,(H,32,33). The molecule has 0 atom stereocenters. The van der Waals surface area contributed by atoms with Crippen molar-refractivity contribution in [1.29, 1.82) is 0 Å². The minimum atomic E-state index is -1.41. The molecule has 33 heavy (non-hydrogen) atoms. The van der Waals surface area contributed by atoms with E-state index >= 15 is 0 Å². The Kier molecular flexibility index (Phi) is 5.03. The maximum Gasteiger partial charge on any atom is 0.358 e. The number of carbonyl (C=O) groups is 1. The number of aromatic hydroxyl groups is 1. The molecule has 0 saturated heterocycles. The molecule has 0 aliphatic carbocycles. The molecule has 0 fully saturated rings. The molecule has 3 N–H and O–H groups in total.